The molecule has 0 amide bonds. The van der Waals surface area contributed by atoms with Crippen LogP contribution < -0.4 is 5.11 Å². The van der Waals surface area contributed by atoms with E-state index in [4.69, 9.17) is 14.6 Å². The van der Waals surface area contributed by atoms with Crippen molar-refractivity contribution in [3.05, 3.63) is 0 Å². The van der Waals surface area contributed by atoms with Gasteiger partial charge in [0.1, 0.15) is 24.4 Å². The molecule has 1 rings (SSSR count). The minimum atomic E-state index is -1.55. The quantitative estimate of drug-likeness (QED) is 0.398. The molecule has 0 aromatic rings. The first-order valence-electron chi connectivity index (χ1n) is 5.52. The summed E-state index contributed by atoms with van der Waals surface area (Å²) in [6.07, 6.45) is -8.17. The van der Waals surface area contributed by atoms with Crippen LogP contribution in [0.15, 0.2) is 0 Å². The molecule has 0 bridgehead atoms. The maximum atomic E-state index is 10.3. The molecule has 1 fully saturated rings. The molecule has 8 nitrogen and oxygen atoms in total. The number of carboxylic acids is 1. The number of aliphatic hydroxyl groups excluding tert-OH is 4. The van der Waals surface area contributed by atoms with E-state index in [-0.39, 0.29) is 0 Å². The van der Waals surface area contributed by atoms with Crippen LogP contribution in [0.5, 0.6) is 0 Å². The molecular formula is C10H17O8-. The lowest BCUT2D eigenvalue weighted by Crippen LogP contribution is -2.59. The van der Waals surface area contributed by atoms with E-state index in [1.807, 2.05) is 0 Å². The maximum Gasteiger partial charge on any atom is 0.186 e. The third kappa shape index (κ3) is 3.61. The molecule has 1 aliphatic heterocycles. The Morgan fingerprint density at radius 1 is 1.33 bits per heavy atom. The number of carbonyl (C=O) groups excluding carboxylic acids is 1. The lowest BCUT2D eigenvalue weighted by Gasteiger charge is -2.40. The molecule has 0 aromatic heterocycles. The van der Waals surface area contributed by atoms with E-state index in [0.717, 1.165) is 0 Å². The highest BCUT2D eigenvalue weighted by Crippen LogP contribution is 2.23. The minimum absolute atomic E-state index is 0.408. The van der Waals surface area contributed by atoms with Gasteiger partial charge in [-0.3, -0.25) is 0 Å². The molecule has 1 aliphatic rings. The number of carboxylic acid groups (broad SMARTS) is 1. The highest BCUT2D eigenvalue weighted by Gasteiger charge is 2.44. The highest BCUT2D eigenvalue weighted by atomic mass is 16.7. The van der Waals surface area contributed by atoms with E-state index in [1.165, 1.54) is 6.92 Å². The molecule has 0 aliphatic carbocycles. The second kappa shape index (κ2) is 6.41. The summed E-state index contributed by atoms with van der Waals surface area (Å²) in [4.78, 5) is 10.3. The Kier molecular flexibility index (Phi) is 5.45. The van der Waals surface area contributed by atoms with Gasteiger partial charge in [0, 0.05) is 12.4 Å². The summed E-state index contributed by atoms with van der Waals surface area (Å²) in [6.45, 7) is 0.858. The molecule has 3 unspecified atom stereocenters. The van der Waals surface area contributed by atoms with Gasteiger partial charge in [0.25, 0.3) is 0 Å². The number of rotatable bonds is 5. The number of aliphatic hydroxyl groups is 4. The zero-order valence-corrected chi connectivity index (χ0v) is 9.80. The Bertz CT molecular complexity index is 281. The summed E-state index contributed by atoms with van der Waals surface area (Å²) < 4.78 is 10.1. The number of carbonyl (C=O) groups is 1. The van der Waals surface area contributed by atoms with Crippen LogP contribution in [0.1, 0.15) is 13.3 Å². The number of ether oxygens (including phenoxy) is 2. The lowest BCUT2D eigenvalue weighted by molar-refractivity contribution is -0.321. The van der Waals surface area contributed by atoms with Crippen molar-refractivity contribution in [2.75, 3.05) is 6.61 Å². The molecule has 106 valence electrons. The molecule has 0 saturated carbocycles. The molecule has 1 heterocycles. The van der Waals surface area contributed by atoms with Crippen molar-refractivity contribution in [1.29, 1.82) is 0 Å². The van der Waals surface area contributed by atoms with Gasteiger partial charge in [0.05, 0.1) is 12.7 Å². The van der Waals surface area contributed by atoms with Crippen molar-refractivity contribution in [3.63, 3.8) is 0 Å². The second-order valence-corrected chi connectivity index (χ2v) is 4.22. The van der Waals surface area contributed by atoms with Crippen molar-refractivity contribution in [3.8, 4) is 0 Å². The zero-order chi connectivity index (χ0) is 13.9. The van der Waals surface area contributed by atoms with Gasteiger partial charge in [-0.15, -0.1) is 0 Å². The van der Waals surface area contributed by atoms with Gasteiger partial charge in [-0.05, 0) is 6.92 Å². The molecule has 6 atom stereocenters. The van der Waals surface area contributed by atoms with Gasteiger partial charge in [-0.1, -0.05) is 0 Å². The Balaban J connectivity index is 2.61. The standard InChI is InChI=1S/C10H18O8/c1-4(2-6(12)13)17-10-9(16)8(15)7(14)5(3-11)18-10/h4-5,7-11,14-16H,2-3H2,1H3,(H,12,13)/p-1/t4?,5?,7-,8+,9?,10+/m1/s1. The van der Waals surface area contributed by atoms with Crippen LogP contribution in [0, 0.1) is 0 Å². The van der Waals surface area contributed by atoms with Gasteiger partial charge in [-0.25, -0.2) is 0 Å². The van der Waals surface area contributed by atoms with Gasteiger partial charge in [0.2, 0.25) is 0 Å². The zero-order valence-electron chi connectivity index (χ0n) is 9.80. The fourth-order valence-corrected chi connectivity index (χ4v) is 1.69. The Morgan fingerprint density at radius 2 is 1.94 bits per heavy atom. The molecule has 4 N–H and O–H groups in total. The first-order chi connectivity index (χ1) is 8.36. The summed E-state index contributed by atoms with van der Waals surface area (Å²) >= 11 is 0. The van der Waals surface area contributed by atoms with Crippen LogP contribution in [-0.2, 0) is 14.3 Å². The van der Waals surface area contributed by atoms with Crippen LogP contribution in [-0.4, -0.2) is 69.8 Å². The van der Waals surface area contributed by atoms with Gasteiger partial charge in [0.15, 0.2) is 6.29 Å². The topological polar surface area (TPSA) is 140 Å². The predicted molar refractivity (Wildman–Crippen MR) is 53.9 cm³/mol. The highest BCUT2D eigenvalue weighted by molar-refractivity contribution is 5.64. The van der Waals surface area contributed by atoms with E-state index in [1.54, 1.807) is 0 Å². The van der Waals surface area contributed by atoms with Crippen molar-refractivity contribution < 1.29 is 39.8 Å². The van der Waals surface area contributed by atoms with E-state index in [0.29, 0.717) is 0 Å². The summed E-state index contributed by atoms with van der Waals surface area (Å²) in [6, 6.07) is 0. The monoisotopic (exact) mass is 265 g/mol. The SMILES string of the molecule is CC(CC(=O)[O-])O[C@H]1OC(CO)[C@@H](O)[C@H](O)C1O. The number of hydrogen-bond donors (Lipinski definition) is 4. The molecule has 0 spiro atoms. The van der Waals surface area contributed by atoms with Crippen molar-refractivity contribution >= 4 is 5.97 Å². The lowest BCUT2D eigenvalue weighted by atomic mass is 9.99. The van der Waals surface area contributed by atoms with Crippen molar-refractivity contribution in [1.82, 2.24) is 0 Å². The molecule has 1 saturated heterocycles. The third-order valence-electron chi connectivity index (χ3n) is 2.67. The van der Waals surface area contributed by atoms with Gasteiger partial charge >= 0.3 is 0 Å². The third-order valence-corrected chi connectivity index (χ3v) is 2.67. The Hall–Kier alpha value is -0.770. The van der Waals surface area contributed by atoms with Crippen LogP contribution in [0.25, 0.3) is 0 Å². The summed E-state index contributed by atoms with van der Waals surface area (Å²) in [5.74, 6) is -1.33. The average Bonchev–Trinajstić information content (AvgIpc) is 2.29. The minimum Gasteiger partial charge on any atom is -0.550 e. The molecule has 18 heavy (non-hydrogen) atoms. The van der Waals surface area contributed by atoms with Crippen LogP contribution >= 0.6 is 0 Å². The first-order valence-corrected chi connectivity index (χ1v) is 5.52. The fraction of sp³-hybridized carbons (Fsp3) is 0.900. The van der Waals surface area contributed by atoms with E-state index >= 15 is 0 Å². The normalized spacial score (nSPS) is 38.4. The van der Waals surface area contributed by atoms with Crippen molar-refractivity contribution in [2.24, 2.45) is 0 Å². The van der Waals surface area contributed by atoms with Gasteiger partial charge in [-0.2, -0.15) is 0 Å². The van der Waals surface area contributed by atoms with Crippen LogP contribution in [0.3, 0.4) is 0 Å². The maximum absolute atomic E-state index is 10.3. The number of hydrogen-bond acceptors (Lipinski definition) is 8. The van der Waals surface area contributed by atoms with Crippen LogP contribution in [0.4, 0.5) is 0 Å². The molecule has 8 heteroatoms. The smallest absolute Gasteiger partial charge is 0.186 e. The van der Waals surface area contributed by atoms with Crippen LogP contribution in [0.2, 0.25) is 0 Å². The number of aliphatic carboxylic acids is 1. The largest absolute Gasteiger partial charge is 0.550 e. The second-order valence-electron chi connectivity index (χ2n) is 4.22. The molecular weight excluding hydrogens is 248 g/mol. The van der Waals surface area contributed by atoms with E-state index < -0.39 is 55.8 Å². The average molecular weight is 265 g/mol. The fourth-order valence-electron chi connectivity index (χ4n) is 1.69. The summed E-state index contributed by atoms with van der Waals surface area (Å²) in [7, 11) is 0. The van der Waals surface area contributed by atoms with Crippen molar-refractivity contribution in [2.45, 2.75) is 50.2 Å². The van der Waals surface area contributed by atoms with E-state index in [2.05, 4.69) is 0 Å². The first kappa shape index (κ1) is 15.3. The van der Waals surface area contributed by atoms with Gasteiger partial charge < -0.3 is 39.8 Å². The Morgan fingerprint density at radius 3 is 2.44 bits per heavy atom. The summed E-state index contributed by atoms with van der Waals surface area (Å²) in [5, 5.41) is 47.8. The molecule has 0 aromatic carbocycles. The summed E-state index contributed by atoms with van der Waals surface area (Å²) in [5.41, 5.74) is 0. The Labute approximate surface area is 103 Å². The van der Waals surface area contributed by atoms with E-state index in [9.17, 15) is 25.2 Å². The molecule has 0 radical (unpaired) electrons. The predicted octanol–water partition coefficient (Wildman–Crippen LogP) is -3.67.